The molecule has 5 heteroatoms. The minimum absolute atomic E-state index is 0.706. The average molecular weight is 239 g/mol. The van der Waals surface area contributed by atoms with E-state index in [1.54, 1.807) is 11.3 Å². The van der Waals surface area contributed by atoms with Crippen molar-refractivity contribution in [1.29, 1.82) is 0 Å². The summed E-state index contributed by atoms with van der Waals surface area (Å²) >= 11 is 6.90. The number of H-pyrrole nitrogens is 1. The van der Waals surface area contributed by atoms with Gasteiger partial charge in [-0.25, -0.2) is 0 Å². The first-order valence-electron chi connectivity index (χ1n) is 4.92. The van der Waals surface area contributed by atoms with E-state index in [4.69, 9.17) is 12.2 Å². The van der Waals surface area contributed by atoms with Crippen LogP contribution in [0.15, 0.2) is 10.8 Å². The summed E-state index contributed by atoms with van der Waals surface area (Å²) in [6.45, 7) is 5.15. The van der Waals surface area contributed by atoms with Crippen LogP contribution >= 0.6 is 23.6 Å². The lowest BCUT2D eigenvalue weighted by atomic mass is 10.2. The Kier molecular flexibility index (Phi) is 3.02. The van der Waals surface area contributed by atoms with Crippen LogP contribution < -0.4 is 0 Å². The number of hydrogen-bond acceptors (Lipinski definition) is 3. The van der Waals surface area contributed by atoms with Crippen LogP contribution in [0.2, 0.25) is 0 Å². The zero-order chi connectivity index (χ0) is 10.8. The summed E-state index contributed by atoms with van der Waals surface area (Å²) in [7, 11) is 0. The summed E-state index contributed by atoms with van der Waals surface area (Å²) in [6, 6.07) is 0. The maximum Gasteiger partial charge on any atom is 0.195 e. The summed E-state index contributed by atoms with van der Waals surface area (Å²) < 4.78 is 2.77. The normalized spacial score (nSPS) is 10.8. The molecule has 0 saturated heterocycles. The molecular formula is C10H13N3S2. The Hall–Kier alpha value is -0.940. The van der Waals surface area contributed by atoms with E-state index in [1.165, 1.54) is 11.1 Å². The van der Waals surface area contributed by atoms with Gasteiger partial charge in [0.05, 0.1) is 0 Å². The molecule has 0 aliphatic rings. The topological polar surface area (TPSA) is 33.6 Å². The van der Waals surface area contributed by atoms with Gasteiger partial charge in [-0.15, -0.1) is 0 Å². The molecule has 0 aliphatic carbocycles. The summed E-state index contributed by atoms with van der Waals surface area (Å²) in [6.07, 6.45) is 1.06. The Labute approximate surface area is 97.8 Å². The Balaban J connectivity index is 2.54. The molecule has 0 saturated carbocycles. The van der Waals surface area contributed by atoms with Crippen LogP contribution in [0.3, 0.4) is 0 Å². The highest BCUT2D eigenvalue weighted by atomic mass is 32.1. The number of aryl methyl sites for hydroxylation is 1. The first kappa shape index (κ1) is 10.6. The second kappa shape index (κ2) is 4.28. The van der Waals surface area contributed by atoms with Crippen LogP contribution in [-0.2, 0) is 6.54 Å². The highest BCUT2D eigenvalue weighted by molar-refractivity contribution is 7.71. The maximum absolute atomic E-state index is 5.20. The van der Waals surface area contributed by atoms with Crippen molar-refractivity contribution in [2.24, 2.45) is 0 Å². The summed E-state index contributed by atoms with van der Waals surface area (Å²) in [5.74, 6) is 0.959. The standard InChI is InChI=1S/C10H13N3S2/c1-3-4-13-9(11-12-10(13)14)8-6-15-5-7(8)2/h5-6H,3-4H2,1-2H3,(H,12,14). The van der Waals surface area contributed by atoms with Crippen molar-refractivity contribution in [2.75, 3.05) is 0 Å². The van der Waals surface area contributed by atoms with E-state index in [2.05, 4.69) is 39.4 Å². The quantitative estimate of drug-likeness (QED) is 0.833. The van der Waals surface area contributed by atoms with E-state index in [0.717, 1.165) is 18.8 Å². The van der Waals surface area contributed by atoms with E-state index in [1.807, 2.05) is 0 Å². The van der Waals surface area contributed by atoms with Gasteiger partial charge in [0.25, 0.3) is 0 Å². The molecular weight excluding hydrogens is 226 g/mol. The molecule has 0 atom stereocenters. The van der Waals surface area contributed by atoms with Crippen LogP contribution in [0.25, 0.3) is 11.4 Å². The van der Waals surface area contributed by atoms with E-state index in [-0.39, 0.29) is 0 Å². The van der Waals surface area contributed by atoms with Gasteiger partial charge in [0.2, 0.25) is 0 Å². The fourth-order valence-electron chi connectivity index (χ4n) is 1.54. The molecule has 0 bridgehead atoms. The van der Waals surface area contributed by atoms with Crippen LogP contribution in [-0.4, -0.2) is 14.8 Å². The van der Waals surface area contributed by atoms with Gasteiger partial charge >= 0.3 is 0 Å². The van der Waals surface area contributed by atoms with Crippen LogP contribution in [0, 0.1) is 11.7 Å². The van der Waals surface area contributed by atoms with Crippen LogP contribution in [0.4, 0.5) is 0 Å². The van der Waals surface area contributed by atoms with Crippen molar-refractivity contribution in [3.05, 3.63) is 21.1 Å². The molecule has 1 N–H and O–H groups in total. The van der Waals surface area contributed by atoms with Gasteiger partial charge in [0.1, 0.15) is 0 Å². The van der Waals surface area contributed by atoms with Crippen LogP contribution in [0.1, 0.15) is 18.9 Å². The number of aromatic nitrogens is 3. The molecule has 80 valence electrons. The second-order valence-electron chi connectivity index (χ2n) is 3.47. The Morgan fingerprint density at radius 3 is 2.93 bits per heavy atom. The van der Waals surface area contributed by atoms with Gasteiger partial charge < -0.3 is 4.57 Å². The monoisotopic (exact) mass is 239 g/mol. The highest BCUT2D eigenvalue weighted by Crippen LogP contribution is 2.25. The van der Waals surface area contributed by atoms with E-state index < -0.39 is 0 Å². The van der Waals surface area contributed by atoms with Crippen molar-refractivity contribution >= 4 is 23.6 Å². The van der Waals surface area contributed by atoms with Crippen molar-refractivity contribution in [3.8, 4) is 11.4 Å². The fraction of sp³-hybridized carbons (Fsp3) is 0.400. The van der Waals surface area contributed by atoms with Gasteiger partial charge in [0.15, 0.2) is 10.6 Å². The molecule has 2 aromatic rings. The molecule has 0 spiro atoms. The molecule has 0 unspecified atom stereocenters. The summed E-state index contributed by atoms with van der Waals surface area (Å²) in [5, 5.41) is 11.4. The third-order valence-electron chi connectivity index (χ3n) is 2.30. The third kappa shape index (κ3) is 1.89. The Morgan fingerprint density at radius 1 is 1.53 bits per heavy atom. The smallest absolute Gasteiger partial charge is 0.195 e. The van der Waals surface area contributed by atoms with Gasteiger partial charge in [-0.05, 0) is 36.5 Å². The van der Waals surface area contributed by atoms with Crippen molar-refractivity contribution < 1.29 is 0 Å². The van der Waals surface area contributed by atoms with Gasteiger partial charge in [-0.3, -0.25) is 5.10 Å². The summed E-state index contributed by atoms with van der Waals surface area (Å²) in [5.41, 5.74) is 2.44. The van der Waals surface area contributed by atoms with E-state index in [9.17, 15) is 0 Å². The van der Waals surface area contributed by atoms with Gasteiger partial charge in [-0.2, -0.15) is 16.4 Å². The number of nitrogens with zero attached hydrogens (tertiary/aromatic N) is 2. The van der Waals surface area contributed by atoms with Gasteiger partial charge in [-0.1, -0.05) is 6.92 Å². The maximum atomic E-state index is 5.20. The first-order chi connectivity index (χ1) is 7.24. The molecule has 2 rings (SSSR count). The SMILES string of the molecule is CCCn1c(-c2cscc2C)n[nH]c1=S. The number of thiophene rings is 1. The lowest BCUT2D eigenvalue weighted by Gasteiger charge is -2.03. The van der Waals surface area contributed by atoms with Crippen molar-refractivity contribution in [2.45, 2.75) is 26.8 Å². The predicted molar refractivity (Wildman–Crippen MR) is 65.8 cm³/mol. The fourth-order valence-corrected chi connectivity index (χ4v) is 2.59. The first-order valence-corrected chi connectivity index (χ1v) is 6.27. The summed E-state index contributed by atoms with van der Waals surface area (Å²) in [4.78, 5) is 0. The minimum Gasteiger partial charge on any atom is -0.300 e. The van der Waals surface area contributed by atoms with Gasteiger partial charge in [0, 0.05) is 17.5 Å². The van der Waals surface area contributed by atoms with E-state index >= 15 is 0 Å². The minimum atomic E-state index is 0.706. The zero-order valence-electron chi connectivity index (χ0n) is 8.78. The van der Waals surface area contributed by atoms with Crippen molar-refractivity contribution in [3.63, 3.8) is 0 Å². The molecule has 0 radical (unpaired) electrons. The Bertz CT molecular complexity index is 507. The third-order valence-corrected chi connectivity index (χ3v) is 3.48. The molecule has 0 aliphatic heterocycles. The molecule has 0 amide bonds. The molecule has 3 nitrogen and oxygen atoms in total. The molecule has 15 heavy (non-hydrogen) atoms. The highest BCUT2D eigenvalue weighted by Gasteiger charge is 2.10. The number of rotatable bonds is 3. The Morgan fingerprint density at radius 2 is 2.33 bits per heavy atom. The van der Waals surface area contributed by atoms with E-state index in [0.29, 0.717) is 4.77 Å². The largest absolute Gasteiger partial charge is 0.300 e. The zero-order valence-corrected chi connectivity index (χ0v) is 10.4. The molecule has 0 fully saturated rings. The second-order valence-corrected chi connectivity index (χ2v) is 4.60. The number of aromatic amines is 1. The lowest BCUT2D eigenvalue weighted by molar-refractivity contribution is 0.675. The van der Waals surface area contributed by atoms with Crippen molar-refractivity contribution in [1.82, 2.24) is 14.8 Å². The predicted octanol–water partition coefficient (Wildman–Crippen LogP) is 3.39. The number of nitrogens with one attached hydrogen (secondary N) is 1. The number of hydrogen-bond donors (Lipinski definition) is 1. The average Bonchev–Trinajstić information content (AvgIpc) is 2.76. The lowest BCUT2D eigenvalue weighted by Crippen LogP contribution is -1.99. The van der Waals surface area contributed by atoms with Crippen LogP contribution in [0.5, 0.6) is 0 Å². The molecule has 2 aromatic heterocycles. The molecule has 2 heterocycles. The molecule has 0 aromatic carbocycles.